The Balaban J connectivity index is 2.21. The van der Waals surface area contributed by atoms with Crippen molar-refractivity contribution < 1.29 is 18.7 Å². The number of carbonyl (C=O) groups is 1. The fourth-order valence-corrected chi connectivity index (χ4v) is 2.20. The highest BCUT2D eigenvalue weighted by Crippen LogP contribution is 2.26. The maximum absolute atomic E-state index is 13.8. The van der Waals surface area contributed by atoms with Crippen molar-refractivity contribution >= 4 is 27.6 Å². The lowest BCUT2D eigenvalue weighted by atomic mass is 10.1. The number of nitrogen functional groups attached to an aromatic ring is 1. The van der Waals surface area contributed by atoms with Crippen molar-refractivity contribution in [3.8, 4) is 5.75 Å². The van der Waals surface area contributed by atoms with Crippen LogP contribution in [0, 0.1) is 5.82 Å². The molecule has 2 N–H and O–H groups in total. The van der Waals surface area contributed by atoms with Crippen molar-refractivity contribution in [2.24, 2.45) is 0 Å². The number of carbonyl (C=O) groups excluding carboxylic acids is 1. The molecule has 0 saturated heterocycles. The van der Waals surface area contributed by atoms with Crippen LogP contribution in [0.3, 0.4) is 0 Å². The molecule has 0 unspecified atom stereocenters. The van der Waals surface area contributed by atoms with E-state index >= 15 is 0 Å². The van der Waals surface area contributed by atoms with Crippen LogP contribution in [0.25, 0.3) is 0 Å². The summed E-state index contributed by atoms with van der Waals surface area (Å²) < 4.78 is 24.7. The maximum atomic E-state index is 13.8. The minimum Gasteiger partial charge on any atom is -0.486 e. The molecule has 0 saturated carbocycles. The molecule has 0 atom stereocenters. The number of methoxy groups -OCH3 is 1. The van der Waals surface area contributed by atoms with Crippen LogP contribution in [0.2, 0.25) is 0 Å². The average molecular weight is 354 g/mol. The predicted molar refractivity (Wildman–Crippen MR) is 80.6 cm³/mol. The second-order valence-corrected chi connectivity index (χ2v) is 5.20. The van der Waals surface area contributed by atoms with Crippen molar-refractivity contribution in [1.82, 2.24) is 0 Å². The molecule has 0 radical (unpaired) electrons. The summed E-state index contributed by atoms with van der Waals surface area (Å²) in [7, 11) is 1.23. The first-order valence-electron chi connectivity index (χ1n) is 6.06. The van der Waals surface area contributed by atoms with Gasteiger partial charge in [-0.2, -0.15) is 0 Å². The SMILES string of the molecule is COC(=O)c1cc(OCc2cccc(Br)c2)c(F)cc1N. The van der Waals surface area contributed by atoms with E-state index in [0.717, 1.165) is 16.1 Å². The molecule has 2 aromatic rings. The summed E-state index contributed by atoms with van der Waals surface area (Å²) in [6.07, 6.45) is 0. The van der Waals surface area contributed by atoms with Crippen molar-refractivity contribution in [2.45, 2.75) is 6.61 Å². The van der Waals surface area contributed by atoms with Gasteiger partial charge < -0.3 is 15.2 Å². The lowest BCUT2D eigenvalue weighted by Crippen LogP contribution is -2.07. The Morgan fingerprint density at radius 3 is 2.76 bits per heavy atom. The Bertz CT molecular complexity index is 676. The largest absolute Gasteiger partial charge is 0.486 e. The number of hydrogen-bond donors (Lipinski definition) is 1. The summed E-state index contributed by atoms with van der Waals surface area (Å²) in [6, 6.07) is 9.72. The normalized spacial score (nSPS) is 10.2. The highest BCUT2D eigenvalue weighted by molar-refractivity contribution is 9.10. The molecular formula is C15H13BrFNO3. The summed E-state index contributed by atoms with van der Waals surface area (Å²) >= 11 is 3.35. The van der Waals surface area contributed by atoms with Crippen molar-refractivity contribution in [3.63, 3.8) is 0 Å². The van der Waals surface area contributed by atoms with Crippen molar-refractivity contribution in [1.29, 1.82) is 0 Å². The first-order valence-corrected chi connectivity index (χ1v) is 6.85. The van der Waals surface area contributed by atoms with Gasteiger partial charge in [-0.25, -0.2) is 9.18 Å². The fourth-order valence-electron chi connectivity index (χ4n) is 1.75. The Morgan fingerprint density at radius 2 is 2.10 bits per heavy atom. The third-order valence-electron chi connectivity index (χ3n) is 2.79. The highest BCUT2D eigenvalue weighted by Gasteiger charge is 2.15. The van der Waals surface area contributed by atoms with E-state index in [-0.39, 0.29) is 23.6 Å². The van der Waals surface area contributed by atoms with E-state index in [2.05, 4.69) is 20.7 Å². The van der Waals surface area contributed by atoms with Gasteiger partial charge in [0.25, 0.3) is 0 Å². The number of esters is 1. The van der Waals surface area contributed by atoms with Gasteiger partial charge >= 0.3 is 5.97 Å². The first-order chi connectivity index (χ1) is 10.0. The lowest BCUT2D eigenvalue weighted by molar-refractivity contribution is 0.0601. The van der Waals surface area contributed by atoms with Gasteiger partial charge in [0, 0.05) is 16.2 Å². The van der Waals surface area contributed by atoms with Crippen LogP contribution >= 0.6 is 15.9 Å². The van der Waals surface area contributed by atoms with Gasteiger partial charge in [0.1, 0.15) is 6.61 Å². The summed E-state index contributed by atoms with van der Waals surface area (Å²) in [5.74, 6) is -1.32. The van der Waals surface area contributed by atoms with E-state index in [9.17, 15) is 9.18 Å². The molecule has 110 valence electrons. The minimum atomic E-state index is -0.639. The molecule has 6 heteroatoms. The zero-order valence-electron chi connectivity index (χ0n) is 11.2. The molecule has 21 heavy (non-hydrogen) atoms. The third kappa shape index (κ3) is 3.72. The summed E-state index contributed by atoms with van der Waals surface area (Å²) in [5.41, 5.74) is 6.53. The van der Waals surface area contributed by atoms with Crippen LogP contribution in [-0.2, 0) is 11.3 Å². The quantitative estimate of drug-likeness (QED) is 0.674. The van der Waals surface area contributed by atoms with E-state index in [1.807, 2.05) is 24.3 Å². The molecule has 2 aromatic carbocycles. The molecule has 0 aliphatic heterocycles. The second-order valence-electron chi connectivity index (χ2n) is 4.28. The molecular weight excluding hydrogens is 341 g/mol. The maximum Gasteiger partial charge on any atom is 0.340 e. The van der Waals surface area contributed by atoms with E-state index in [0.29, 0.717) is 0 Å². The smallest absolute Gasteiger partial charge is 0.340 e. The topological polar surface area (TPSA) is 61.5 Å². The fraction of sp³-hybridized carbons (Fsp3) is 0.133. The Kier molecular flexibility index (Phi) is 4.80. The standard InChI is InChI=1S/C15H13BrFNO3/c1-20-15(19)11-6-14(12(17)7-13(11)18)21-8-9-3-2-4-10(16)5-9/h2-7H,8,18H2,1H3. The predicted octanol–water partition coefficient (Wildman–Crippen LogP) is 3.54. The minimum absolute atomic E-state index is 0.00848. The lowest BCUT2D eigenvalue weighted by Gasteiger charge is -2.11. The van der Waals surface area contributed by atoms with Crippen LogP contribution in [0.5, 0.6) is 5.75 Å². The van der Waals surface area contributed by atoms with Crippen molar-refractivity contribution in [3.05, 3.63) is 57.8 Å². The molecule has 2 rings (SSSR count). The van der Waals surface area contributed by atoms with E-state index in [1.165, 1.54) is 13.2 Å². The van der Waals surface area contributed by atoms with Gasteiger partial charge in [-0.15, -0.1) is 0 Å². The van der Waals surface area contributed by atoms with E-state index < -0.39 is 11.8 Å². The summed E-state index contributed by atoms with van der Waals surface area (Å²) in [5, 5.41) is 0. The molecule has 0 aromatic heterocycles. The van der Waals surface area contributed by atoms with Gasteiger partial charge in [0.15, 0.2) is 11.6 Å². The summed E-state index contributed by atoms with van der Waals surface area (Å²) in [6.45, 7) is 0.168. The monoisotopic (exact) mass is 353 g/mol. The van der Waals surface area contributed by atoms with Gasteiger partial charge in [-0.05, 0) is 23.8 Å². The number of ether oxygens (including phenoxy) is 2. The van der Waals surface area contributed by atoms with Crippen LogP contribution in [0.4, 0.5) is 10.1 Å². The molecule has 0 amide bonds. The van der Waals surface area contributed by atoms with Gasteiger partial charge in [-0.3, -0.25) is 0 Å². The Labute approximate surface area is 129 Å². The molecule has 4 nitrogen and oxygen atoms in total. The van der Waals surface area contributed by atoms with Gasteiger partial charge in [-0.1, -0.05) is 28.1 Å². The van der Waals surface area contributed by atoms with Crippen LogP contribution in [-0.4, -0.2) is 13.1 Å². The highest BCUT2D eigenvalue weighted by atomic mass is 79.9. The molecule has 0 bridgehead atoms. The number of halogens is 2. The van der Waals surface area contributed by atoms with Crippen molar-refractivity contribution in [2.75, 3.05) is 12.8 Å². The first kappa shape index (κ1) is 15.3. The number of benzene rings is 2. The average Bonchev–Trinajstić information content (AvgIpc) is 2.45. The number of anilines is 1. The number of hydrogen-bond acceptors (Lipinski definition) is 4. The van der Waals surface area contributed by atoms with E-state index in [1.54, 1.807) is 0 Å². The number of nitrogens with two attached hydrogens (primary N) is 1. The molecule has 0 fully saturated rings. The zero-order valence-corrected chi connectivity index (χ0v) is 12.8. The molecule has 0 heterocycles. The second kappa shape index (κ2) is 6.58. The van der Waals surface area contributed by atoms with Crippen LogP contribution in [0.1, 0.15) is 15.9 Å². The molecule has 0 aliphatic carbocycles. The number of rotatable bonds is 4. The zero-order chi connectivity index (χ0) is 15.4. The van der Waals surface area contributed by atoms with Gasteiger partial charge in [0.2, 0.25) is 0 Å². The Morgan fingerprint density at radius 1 is 1.33 bits per heavy atom. The molecule has 0 aliphatic rings. The van der Waals surface area contributed by atoms with Gasteiger partial charge in [0.05, 0.1) is 12.7 Å². The third-order valence-corrected chi connectivity index (χ3v) is 3.29. The molecule has 0 spiro atoms. The van der Waals surface area contributed by atoms with E-state index in [4.69, 9.17) is 10.5 Å². The van der Waals surface area contributed by atoms with Crippen LogP contribution in [0.15, 0.2) is 40.9 Å². The summed E-state index contributed by atoms with van der Waals surface area (Å²) in [4.78, 5) is 11.5. The Hall–Kier alpha value is -2.08. The van der Waals surface area contributed by atoms with Crippen LogP contribution < -0.4 is 10.5 Å².